The highest BCUT2D eigenvalue weighted by Crippen LogP contribution is 2.09. The standard InChI is InChI=1S/C5H10O2.C2H6/c6-4-5-2-1-3-7-5;1-2/h5-6H,1-4H2;1-2H3. The van der Waals surface area contributed by atoms with E-state index in [-0.39, 0.29) is 12.7 Å². The maximum Gasteiger partial charge on any atom is 0.0806 e. The highest BCUT2D eigenvalue weighted by Gasteiger charge is 2.12. The normalized spacial score (nSPS) is 25.0. The summed E-state index contributed by atoms with van der Waals surface area (Å²) >= 11 is 0. The number of ether oxygens (including phenoxy) is 1. The van der Waals surface area contributed by atoms with Crippen LogP contribution in [0, 0.1) is 0 Å². The van der Waals surface area contributed by atoms with Gasteiger partial charge >= 0.3 is 0 Å². The molecule has 0 spiro atoms. The van der Waals surface area contributed by atoms with Crippen molar-refractivity contribution in [3.8, 4) is 0 Å². The van der Waals surface area contributed by atoms with Crippen molar-refractivity contribution in [1.29, 1.82) is 0 Å². The smallest absolute Gasteiger partial charge is 0.0806 e. The van der Waals surface area contributed by atoms with Crippen molar-refractivity contribution in [2.24, 2.45) is 0 Å². The van der Waals surface area contributed by atoms with Gasteiger partial charge in [0.05, 0.1) is 12.7 Å². The molecule has 1 saturated heterocycles. The number of hydrogen-bond acceptors (Lipinski definition) is 2. The number of aliphatic hydroxyl groups is 1. The van der Waals surface area contributed by atoms with Crippen molar-refractivity contribution in [3.05, 3.63) is 0 Å². The molecule has 2 heteroatoms. The fourth-order valence-electron chi connectivity index (χ4n) is 0.788. The molecule has 0 aliphatic carbocycles. The van der Waals surface area contributed by atoms with E-state index in [0.717, 1.165) is 19.4 Å². The van der Waals surface area contributed by atoms with Crippen LogP contribution in [0.15, 0.2) is 0 Å². The minimum Gasteiger partial charge on any atom is -0.394 e. The summed E-state index contributed by atoms with van der Waals surface area (Å²) in [6.45, 7) is 5.03. The Morgan fingerprint density at radius 1 is 1.56 bits per heavy atom. The first kappa shape index (κ1) is 8.92. The van der Waals surface area contributed by atoms with Gasteiger partial charge in [0.15, 0.2) is 0 Å². The lowest BCUT2D eigenvalue weighted by Crippen LogP contribution is -2.09. The highest BCUT2D eigenvalue weighted by atomic mass is 16.5. The van der Waals surface area contributed by atoms with Crippen LogP contribution in [0.5, 0.6) is 0 Å². The molecular weight excluding hydrogens is 116 g/mol. The van der Waals surface area contributed by atoms with E-state index in [4.69, 9.17) is 9.84 Å². The van der Waals surface area contributed by atoms with Gasteiger partial charge in [-0.25, -0.2) is 0 Å². The molecule has 0 bridgehead atoms. The monoisotopic (exact) mass is 132 g/mol. The quantitative estimate of drug-likeness (QED) is 0.580. The molecule has 56 valence electrons. The fraction of sp³-hybridized carbons (Fsp3) is 1.00. The molecule has 1 aliphatic heterocycles. The second-order valence-electron chi connectivity index (χ2n) is 1.82. The van der Waals surface area contributed by atoms with Gasteiger partial charge < -0.3 is 9.84 Å². The van der Waals surface area contributed by atoms with Crippen molar-refractivity contribution in [3.63, 3.8) is 0 Å². The summed E-state index contributed by atoms with van der Waals surface area (Å²) in [5.41, 5.74) is 0. The molecule has 0 radical (unpaired) electrons. The molecule has 2 nitrogen and oxygen atoms in total. The number of hydrogen-bond donors (Lipinski definition) is 1. The Labute approximate surface area is 56.8 Å². The van der Waals surface area contributed by atoms with Crippen LogP contribution in [-0.2, 0) is 4.74 Å². The molecule has 1 fully saturated rings. The van der Waals surface area contributed by atoms with Gasteiger partial charge in [0.1, 0.15) is 0 Å². The van der Waals surface area contributed by atoms with Crippen LogP contribution in [0.2, 0.25) is 0 Å². The zero-order chi connectivity index (χ0) is 7.11. The molecule has 0 aromatic heterocycles. The zero-order valence-corrected chi connectivity index (χ0v) is 6.26. The third kappa shape index (κ3) is 3.49. The summed E-state index contributed by atoms with van der Waals surface area (Å²) in [6, 6.07) is 0. The van der Waals surface area contributed by atoms with Crippen LogP contribution in [0.25, 0.3) is 0 Å². The molecule has 0 aromatic rings. The van der Waals surface area contributed by atoms with E-state index in [0.29, 0.717) is 0 Å². The van der Waals surface area contributed by atoms with Gasteiger partial charge in [-0.05, 0) is 12.8 Å². The van der Waals surface area contributed by atoms with Crippen molar-refractivity contribution < 1.29 is 9.84 Å². The Morgan fingerprint density at radius 3 is 2.44 bits per heavy atom. The molecule has 0 amide bonds. The van der Waals surface area contributed by atoms with Crippen molar-refractivity contribution in [2.75, 3.05) is 13.2 Å². The SMILES string of the molecule is CC.OCC1CCCO1. The Hall–Kier alpha value is -0.0800. The lowest BCUT2D eigenvalue weighted by atomic mass is 10.2. The van der Waals surface area contributed by atoms with Crippen LogP contribution in [0.4, 0.5) is 0 Å². The fourth-order valence-corrected chi connectivity index (χ4v) is 0.788. The van der Waals surface area contributed by atoms with E-state index in [1.54, 1.807) is 0 Å². The third-order valence-electron chi connectivity index (χ3n) is 1.23. The summed E-state index contributed by atoms with van der Waals surface area (Å²) in [5, 5.41) is 8.44. The van der Waals surface area contributed by atoms with Crippen LogP contribution < -0.4 is 0 Å². The first-order chi connectivity index (χ1) is 4.43. The lowest BCUT2D eigenvalue weighted by Gasteiger charge is -2.00. The Bertz CT molecular complexity index is 48.9. The maximum atomic E-state index is 8.44. The minimum absolute atomic E-state index is 0.153. The first-order valence-corrected chi connectivity index (χ1v) is 3.66. The molecular formula is C7H16O2. The molecule has 0 aromatic carbocycles. The molecule has 0 saturated carbocycles. The Kier molecular flexibility index (Phi) is 5.99. The van der Waals surface area contributed by atoms with E-state index < -0.39 is 0 Å². The molecule has 1 rings (SSSR count). The maximum absolute atomic E-state index is 8.44. The average Bonchev–Trinajstić information content (AvgIpc) is 2.43. The third-order valence-corrected chi connectivity index (χ3v) is 1.23. The molecule has 1 heterocycles. The summed E-state index contributed by atoms with van der Waals surface area (Å²) in [6.07, 6.45) is 2.31. The predicted octanol–water partition coefficient (Wildman–Crippen LogP) is 1.18. The molecule has 9 heavy (non-hydrogen) atoms. The van der Waals surface area contributed by atoms with E-state index in [9.17, 15) is 0 Å². The van der Waals surface area contributed by atoms with E-state index in [1.807, 2.05) is 13.8 Å². The predicted molar refractivity (Wildman–Crippen MR) is 37.4 cm³/mol. The first-order valence-electron chi connectivity index (χ1n) is 3.66. The van der Waals surface area contributed by atoms with E-state index >= 15 is 0 Å². The van der Waals surface area contributed by atoms with Gasteiger partial charge in [-0.2, -0.15) is 0 Å². The molecule has 1 aliphatic rings. The van der Waals surface area contributed by atoms with Crippen LogP contribution in [0.1, 0.15) is 26.7 Å². The molecule has 1 N–H and O–H groups in total. The topological polar surface area (TPSA) is 29.5 Å². The van der Waals surface area contributed by atoms with Gasteiger partial charge in [0, 0.05) is 6.61 Å². The van der Waals surface area contributed by atoms with E-state index in [2.05, 4.69) is 0 Å². The summed E-state index contributed by atoms with van der Waals surface area (Å²) in [5.74, 6) is 0. The summed E-state index contributed by atoms with van der Waals surface area (Å²) in [7, 11) is 0. The van der Waals surface area contributed by atoms with Gasteiger partial charge in [-0.1, -0.05) is 13.8 Å². The highest BCUT2D eigenvalue weighted by molar-refractivity contribution is 4.61. The average molecular weight is 132 g/mol. The number of rotatable bonds is 1. The van der Waals surface area contributed by atoms with Gasteiger partial charge in [0.2, 0.25) is 0 Å². The van der Waals surface area contributed by atoms with Crippen molar-refractivity contribution >= 4 is 0 Å². The molecule has 1 atom stereocenters. The number of aliphatic hydroxyl groups excluding tert-OH is 1. The zero-order valence-electron chi connectivity index (χ0n) is 6.26. The van der Waals surface area contributed by atoms with Gasteiger partial charge in [-0.15, -0.1) is 0 Å². The Morgan fingerprint density at radius 2 is 2.22 bits per heavy atom. The lowest BCUT2D eigenvalue weighted by molar-refractivity contribution is 0.0591. The van der Waals surface area contributed by atoms with Gasteiger partial charge in [0.25, 0.3) is 0 Å². The van der Waals surface area contributed by atoms with Crippen molar-refractivity contribution in [2.45, 2.75) is 32.8 Å². The summed E-state index contributed by atoms with van der Waals surface area (Å²) in [4.78, 5) is 0. The van der Waals surface area contributed by atoms with Gasteiger partial charge in [-0.3, -0.25) is 0 Å². The summed E-state index contributed by atoms with van der Waals surface area (Å²) < 4.78 is 5.05. The Balaban J connectivity index is 0.000000291. The van der Waals surface area contributed by atoms with Crippen LogP contribution >= 0.6 is 0 Å². The molecule has 1 unspecified atom stereocenters. The van der Waals surface area contributed by atoms with Crippen LogP contribution in [0.3, 0.4) is 0 Å². The second kappa shape index (κ2) is 6.05. The van der Waals surface area contributed by atoms with Crippen LogP contribution in [-0.4, -0.2) is 24.4 Å². The second-order valence-corrected chi connectivity index (χ2v) is 1.82. The van der Waals surface area contributed by atoms with E-state index in [1.165, 1.54) is 0 Å². The van der Waals surface area contributed by atoms with Crippen molar-refractivity contribution in [1.82, 2.24) is 0 Å². The largest absolute Gasteiger partial charge is 0.394 e. The minimum atomic E-state index is 0.153.